The number of ether oxygens (including phenoxy) is 1. The monoisotopic (exact) mass is 480 g/mol. The largest absolute Gasteiger partial charge is 0.457 e. The van der Waals surface area contributed by atoms with Crippen molar-refractivity contribution in [2.45, 2.75) is 33.6 Å². The SMILES string of the molecule is CC1=CC[C@H]2C(=O)N(c3cccc(C(=O)Nc4ccc(Oc5ccc(C)c(C)c5)cc4)c3)C(=O)[C@H]2C1. The Kier molecular flexibility index (Phi) is 6.18. The van der Waals surface area contributed by atoms with Gasteiger partial charge in [-0.25, -0.2) is 0 Å². The Morgan fingerprint density at radius 2 is 1.58 bits per heavy atom. The average Bonchev–Trinajstić information content (AvgIpc) is 3.11. The Hall–Kier alpha value is -4.19. The first kappa shape index (κ1) is 23.5. The van der Waals surface area contributed by atoms with E-state index >= 15 is 0 Å². The van der Waals surface area contributed by atoms with Crippen molar-refractivity contribution in [2.24, 2.45) is 11.8 Å². The highest BCUT2D eigenvalue weighted by Gasteiger charge is 2.48. The lowest BCUT2D eigenvalue weighted by molar-refractivity contribution is -0.122. The van der Waals surface area contributed by atoms with E-state index in [2.05, 4.69) is 12.2 Å². The Morgan fingerprint density at radius 1 is 0.861 bits per heavy atom. The molecule has 2 atom stereocenters. The maximum atomic E-state index is 13.0. The third kappa shape index (κ3) is 4.54. The molecule has 6 heteroatoms. The molecule has 1 fully saturated rings. The lowest BCUT2D eigenvalue weighted by atomic mass is 9.82. The quantitative estimate of drug-likeness (QED) is 0.349. The fourth-order valence-electron chi connectivity index (χ4n) is 4.80. The minimum Gasteiger partial charge on any atom is -0.457 e. The Balaban J connectivity index is 1.27. The molecule has 3 aromatic carbocycles. The molecule has 36 heavy (non-hydrogen) atoms. The van der Waals surface area contributed by atoms with E-state index in [0.29, 0.717) is 35.5 Å². The van der Waals surface area contributed by atoms with Crippen molar-refractivity contribution >= 4 is 29.1 Å². The van der Waals surface area contributed by atoms with Crippen LogP contribution < -0.4 is 15.0 Å². The number of carbonyl (C=O) groups excluding carboxylic acids is 3. The molecule has 182 valence electrons. The van der Waals surface area contributed by atoms with Crippen molar-refractivity contribution in [1.29, 1.82) is 0 Å². The standard InChI is InChI=1S/C30H28N2O4/c1-18-7-14-26-27(15-18)30(35)32(29(26)34)23-6-4-5-21(17-23)28(33)31-22-9-12-24(13-10-22)36-25-11-8-19(2)20(3)16-25/h4-13,16-17,26-27H,14-15H2,1-3H3,(H,31,33)/t26-,27+/m1/s1. The van der Waals surface area contributed by atoms with Crippen LogP contribution in [0, 0.1) is 25.7 Å². The minimum absolute atomic E-state index is 0.186. The number of nitrogens with zero attached hydrogens (tertiary/aromatic N) is 1. The number of rotatable bonds is 5. The van der Waals surface area contributed by atoms with Crippen LogP contribution in [0.5, 0.6) is 11.5 Å². The lowest BCUT2D eigenvalue weighted by Gasteiger charge is -2.18. The second kappa shape index (κ2) is 9.46. The average molecular weight is 481 g/mol. The summed E-state index contributed by atoms with van der Waals surface area (Å²) in [6, 6.07) is 19.7. The van der Waals surface area contributed by atoms with E-state index in [0.717, 1.165) is 16.9 Å². The summed E-state index contributed by atoms with van der Waals surface area (Å²) < 4.78 is 5.91. The summed E-state index contributed by atoms with van der Waals surface area (Å²) in [6.07, 6.45) is 3.23. The van der Waals surface area contributed by atoms with Crippen LogP contribution in [-0.2, 0) is 9.59 Å². The molecule has 5 rings (SSSR count). The molecule has 3 amide bonds. The predicted octanol–water partition coefficient (Wildman–Crippen LogP) is 6.19. The fourth-order valence-corrected chi connectivity index (χ4v) is 4.80. The summed E-state index contributed by atoms with van der Waals surface area (Å²) >= 11 is 0. The van der Waals surface area contributed by atoms with E-state index in [4.69, 9.17) is 4.74 Å². The minimum atomic E-state index is -0.325. The summed E-state index contributed by atoms with van der Waals surface area (Å²) in [7, 11) is 0. The number of hydrogen-bond acceptors (Lipinski definition) is 4. The third-order valence-corrected chi connectivity index (χ3v) is 7.02. The summed E-state index contributed by atoms with van der Waals surface area (Å²) in [4.78, 5) is 40.2. The molecule has 3 aromatic rings. The van der Waals surface area contributed by atoms with Crippen LogP contribution in [0.15, 0.2) is 78.4 Å². The molecule has 1 N–H and O–H groups in total. The molecule has 2 aliphatic rings. The van der Waals surface area contributed by atoms with E-state index in [-0.39, 0.29) is 29.6 Å². The molecule has 0 saturated carbocycles. The highest BCUT2D eigenvalue weighted by molar-refractivity contribution is 6.22. The smallest absolute Gasteiger partial charge is 0.255 e. The van der Waals surface area contributed by atoms with Gasteiger partial charge in [-0.3, -0.25) is 19.3 Å². The van der Waals surface area contributed by atoms with Gasteiger partial charge >= 0.3 is 0 Å². The first-order valence-electron chi connectivity index (χ1n) is 12.1. The Bertz CT molecular complexity index is 1390. The lowest BCUT2D eigenvalue weighted by Crippen LogP contribution is -2.31. The number of nitrogens with one attached hydrogen (secondary N) is 1. The van der Waals surface area contributed by atoms with Gasteiger partial charge in [0, 0.05) is 11.3 Å². The highest BCUT2D eigenvalue weighted by atomic mass is 16.5. The summed E-state index contributed by atoms with van der Waals surface area (Å²) in [5, 5.41) is 2.87. The third-order valence-electron chi connectivity index (χ3n) is 7.02. The van der Waals surface area contributed by atoms with Gasteiger partial charge in [0.05, 0.1) is 17.5 Å². The van der Waals surface area contributed by atoms with E-state index in [1.54, 1.807) is 48.5 Å². The molecule has 0 aromatic heterocycles. The van der Waals surface area contributed by atoms with Gasteiger partial charge in [-0.1, -0.05) is 23.8 Å². The van der Waals surface area contributed by atoms with Gasteiger partial charge in [-0.15, -0.1) is 0 Å². The molecule has 0 radical (unpaired) electrons. The molecule has 1 heterocycles. The van der Waals surface area contributed by atoms with Gasteiger partial charge in [-0.2, -0.15) is 0 Å². The first-order valence-corrected chi connectivity index (χ1v) is 12.1. The van der Waals surface area contributed by atoms with Crippen LogP contribution in [0.3, 0.4) is 0 Å². The van der Waals surface area contributed by atoms with Crippen molar-refractivity contribution in [1.82, 2.24) is 0 Å². The van der Waals surface area contributed by atoms with Crippen molar-refractivity contribution in [3.8, 4) is 11.5 Å². The Labute approximate surface area is 210 Å². The second-order valence-electron chi connectivity index (χ2n) is 9.59. The first-order chi connectivity index (χ1) is 17.3. The molecule has 0 bridgehead atoms. The van der Waals surface area contributed by atoms with Gasteiger partial charge in [0.1, 0.15) is 11.5 Å². The molecule has 1 aliphatic heterocycles. The number of carbonyl (C=O) groups is 3. The maximum absolute atomic E-state index is 13.0. The van der Waals surface area contributed by atoms with Crippen molar-refractivity contribution in [3.63, 3.8) is 0 Å². The number of imide groups is 1. The van der Waals surface area contributed by atoms with Crippen molar-refractivity contribution < 1.29 is 19.1 Å². The zero-order valence-electron chi connectivity index (χ0n) is 20.6. The molecular weight excluding hydrogens is 452 g/mol. The van der Waals surface area contributed by atoms with Crippen LogP contribution in [-0.4, -0.2) is 17.7 Å². The highest BCUT2D eigenvalue weighted by Crippen LogP contribution is 2.40. The molecule has 6 nitrogen and oxygen atoms in total. The molecule has 0 unspecified atom stereocenters. The van der Waals surface area contributed by atoms with Crippen molar-refractivity contribution in [2.75, 3.05) is 10.2 Å². The van der Waals surface area contributed by atoms with Crippen LogP contribution in [0.4, 0.5) is 11.4 Å². The second-order valence-corrected chi connectivity index (χ2v) is 9.59. The van der Waals surface area contributed by atoms with Crippen LogP contribution in [0.2, 0.25) is 0 Å². The van der Waals surface area contributed by atoms with Gasteiger partial charge in [0.15, 0.2) is 0 Å². The fraction of sp³-hybridized carbons (Fsp3) is 0.233. The number of benzene rings is 3. The van der Waals surface area contributed by atoms with Crippen LogP contribution >= 0.6 is 0 Å². The summed E-state index contributed by atoms with van der Waals surface area (Å²) in [5.74, 6) is 0.0838. The number of aryl methyl sites for hydroxylation is 2. The van der Waals surface area contributed by atoms with Crippen LogP contribution in [0.1, 0.15) is 41.3 Å². The van der Waals surface area contributed by atoms with Gasteiger partial charge < -0.3 is 10.1 Å². The summed E-state index contributed by atoms with van der Waals surface area (Å²) in [6.45, 7) is 6.08. The molecule has 1 saturated heterocycles. The van der Waals surface area contributed by atoms with Gasteiger partial charge in [-0.05, 0) is 99.3 Å². The van der Waals surface area contributed by atoms with Gasteiger partial charge in [0.25, 0.3) is 5.91 Å². The molecule has 1 aliphatic carbocycles. The van der Waals surface area contributed by atoms with Crippen molar-refractivity contribution in [3.05, 3.63) is 95.1 Å². The number of hydrogen-bond donors (Lipinski definition) is 1. The number of fused-ring (bicyclic) bond motifs is 1. The van der Waals surface area contributed by atoms with E-state index in [1.807, 2.05) is 38.1 Å². The summed E-state index contributed by atoms with van der Waals surface area (Å²) in [5.41, 5.74) is 4.90. The maximum Gasteiger partial charge on any atom is 0.255 e. The number of allylic oxidation sites excluding steroid dienone is 2. The molecule has 0 spiro atoms. The topological polar surface area (TPSA) is 75.7 Å². The zero-order chi connectivity index (χ0) is 25.4. The normalized spacial score (nSPS) is 19.1. The molecular formula is C30H28N2O4. The Morgan fingerprint density at radius 3 is 2.33 bits per heavy atom. The number of amides is 3. The predicted molar refractivity (Wildman–Crippen MR) is 139 cm³/mol. The van der Waals surface area contributed by atoms with Gasteiger partial charge in [0.2, 0.25) is 11.8 Å². The number of anilines is 2. The van der Waals surface area contributed by atoms with E-state index < -0.39 is 0 Å². The zero-order valence-corrected chi connectivity index (χ0v) is 20.6. The van der Waals surface area contributed by atoms with Crippen LogP contribution in [0.25, 0.3) is 0 Å². The van der Waals surface area contributed by atoms with E-state index in [9.17, 15) is 14.4 Å². The van der Waals surface area contributed by atoms with E-state index in [1.165, 1.54) is 10.5 Å².